The minimum atomic E-state index is -0.814. The van der Waals surface area contributed by atoms with Crippen LogP contribution in [0.5, 0.6) is 0 Å². The Kier molecular flexibility index (Phi) is 1.72. The Morgan fingerprint density at radius 3 is 2.27 bits per heavy atom. The van der Waals surface area contributed by atoms with Gasteiger partial charge in [-0.2, -0.15) is 0 Å². The third kappa shape index (κ3) is 1.03. The van der Waals surface area contributed by atoms with E-state index in [9.17, 15) is 9.59 Å². The molecular formula is C7H11NO3. The van der Waals surface area contributed by atoms with Gasteiger partial charge in [0.1, 0.15) is 6.73 Å². The Morgan fingerprint density at radius 2 is 2.09 bits per heavy atom. The van der Waals surface area contributed by atoms with E-state index in [0.29, 0.717) is 0 Å². The molecule has 62 valence electrons. The quantitative estimate of drug-likeness (QED) is 0.523. The zero-order valence-electron chi connectivity index (χ0n) is 6.63. The molecule has 0 bridgehead atoms. The topological polar surface area (TPSA) is 57.6 Å². The highest BCUT2D eigenvalue weighted by molar-refractivity contribution is 6.09. The Labute approximate surface area is 64.8 Å². The number of hydrogen-bond donors (Lipinski definition) is 1. The number of aliphatic hydroxyl groups is 1. The van der Waals surface area contributed by atoms with E-state index in [0.717, 1.165) is 0 Å². The second kappa shape index (κ2) is 2.30. The molecule has 1 N–H and O–H groups in total. The molecule has 4 nitrogen and oxygen atoms in total. The normalized spacial score (nSPS) is 23.0. The van der Waals surface area contributed by atoms with Gasteiger partial charge in [0.2, 0.25) is 5.91 Å². The fourth-order valence-electron chi connectivity index (χ4n) is 1.17. The van der Waals surface area contributed by atoms with Crippen molar-refractivity contribution in [1.29, 1.82) is 0 Å². The fraction of sp³-hybridized carbons (Fsp3) is 0.714. The van der Waals surface area contributed by atoms with Crippen molar-refractivity contribution in [1.82, 2.24) is 4.90 Å². The van der Waals surface area contributed by atoms with Crippen molar-refractivity contribution in [2.75, 3.05) is 6.73 Å². The molecule has 1 amide bonds. The molecule has 0 aromatic carbocycles. The van der Waals surface area contributed by atoms with E-state index >= 15 is 0 Å². The molecule has 0 atom stereocenters. The smallest absolute Gasteiger partial charge is 0.232 e. The van der Waals surface area contributed by atoms with Crippen LogP contribution in [0.2, 0.25) is 0 Å². The number of Topliss-reactive ketones (excluding diaryl/α,β-unsaturated/α-hetero) is 1. The van der Waals surface area contributed by atoms with Crippen LogP contribution in [-0.2, 0) is 9.59 Å². The lowest BCUT2D eigenvalue weighted by molar-refractivity contribution is -0.136. The molecule has 0 saturated carbocycles. The number of carbonyl (C=O) groups is 2. The van der Waals surface area contributed by atoms with Gasteiger partial charge in [-0.15, -0.1) is 0 Å². The maximum absolute atomic E-state index is 11.1. The molecule has 0 aliphatic carbocycles. The monoisotopic (exact) mass is 157 g/mol. The molecule has 0 aromatic heterocycles. The van der Waals surface area contributed by atoms with Crippen LogP contribution >= 0.6 is 0 Å². The van der Waals surface area contributed by atoms with Gasteiger partial charge in [-0.05, 0) is 13.8 Å². The number of hydrogen-bond acceptors (Lipinski definition) is 3. The molecule has 11 heavy (non-hydrogen) atoms. The summed E-state index contributed by atoms with van der Waals surface area (Å²) in [5, 5.41) is 8.74. The Hall–Kier alpha value is -0.900. The maximum atomic E-state index is 11.1. The summed E-state index contributed by atoms with van der Waals surface area (Å²) in [5.41, 5.74) is -0.814. The Bertz CT molecular complexity index is 210. The predicted octanol–water partition coefficient (Wildman–Crippen LogP) is -0.484. The van der Waals surface area contributed by atoms with Gasteiger partial charge in [-0.1, -0.05) is 0 Å². The molecule has 1 aliphatic rings. The molecule has 0 radical (unpaired) electrons. The number of amides is 1. The van der Waals surface area contributed by atoms with Gasteiger partial charge in [-0.25, -0.2) is 0 Å². The van der Waals surface area contributed by atoms with E-state index in [1.54, 1.807) is 13.8 Å². The summed E-state index contributed by atoms with van der Waals surface area (Å²) in [6.07, 6.45) is -0.0758. The van der Waals surface area contributed by atoms with Crippen LogP contribution in [0.4, 0.5) is 0 Å². The van der Waals surface area contributed by atoms with Crippen LogP contribution in [0, 0.1) is 0 Å². The van der Waals surface area contributed by atoms with Crippen LogP contribution in [0.15, 0.2) is 0 Å². The SMILES string of the molecule is CC1(C)C(=O)CC(=O)N1CO. The van der Waals surface area contributed by atoms with Gasteiger partial charge in [0.05, 0.1) is 12.0 Å². The summed E-state index contributed by atoms with van der Waals surface area (Å²) in [5.74, 6) is -0.418. The van der Waals surface area contributed by atoms with Gasteiger partial charge in [0.25, 0.3) is 0 Å². The van der Waals surface area contributed by atoms with Crippen LogP contribution in [0.25, 0.3) is 0 Å². The number of aliphatic hydroxyl groups excluding tert-OH is 1. The summed E-state index contributed by atoms with van der Waals surface area (Å²) in [7, 11) is 0. The highest BCUT2D eigenvalue weighted by atomic mass is 16.3. The lowest BCUT2D eigenvalue weighted by Gasteiger charge is -2.27. The molecule has 1 fully saturated rings. The number of ketones is 1. The van der Waals surface area contributed by atoms with Crippen LogP contribution < -0.4 is 0 Å². The van der Waals surface area contributed by atoms with Crippen molar-refractivity contribution in [3.63, 3.8) is 0 Å². The van der Waals surface area contributed by atoms with E-state index in [1.807, 2.05) is 0 Å². The molecule has 1 saturated heterocycles. The third-order valence-electron chi connectivity index (χ3n) is 2.11. The van der Waals surface area contributed by atoms with Gasteiger partial charge in [0.15, 0.2) is 5.78 Å². The minimum absolute atomic E-state index is 0.0758. The van der Waals surface area contributed by atoms with Crippen molar-refractivity contribution >= 4 is 11.7 Å². The van der Waals surface area contributed by atoms with Crippen molar-refractivity contribution in [3.8, 4) is 0 Å². The number of nitrogens with zero attached hydrogens (tertiary/aromatic N) is 1. The molecule has 0 unspecified atom stereocenters. The Balaban J connectivity index is 2.93. The maximum Gasteiger partial charge on any atom is 0.232 e. The second-order valence-corrected chi connectivity index (χ2v) is 3.12. The molecule has 1 aliphatic heterocycles. The zero-order valence-corrected chi connectivity index (χ0v) is 6.63. The minimum Gasteiger partial charge on any atom is -0.376 e. The first-order valence-corrected chi connectivity index (χ1v) is 3.45. The fourth-order valence-corrected chi connectivity index (χ4v) is 1.17. The molecule has 4 heteroatoms. The summed E-state index contributed by atoms with van der Waals surface area (Å²) in [6.45, 7) is 2.89. The largest absolute Gasteiger partial charge is 0.376 e. The van der Waals surface area contributed by atoms with Crippen LogP contribution in [0.3, 0.4) is 0 Å². The van der Waals surface area contributed by atoms with E-state index in [2.05, 4.69) is 0 Å². The number of carbonyl (C=O) groups excluding carboxylic acids is 2. The summed E-state index contributed by atoms with van der Waals surface area (Å²) >= 11 is 0. The van der Waals surface area contributed by atoms with Crippen molar-refractivity contribution in [3.05, 3.63) is 0 Å². The predicted molar refractivity (Wildman–Crippen MR) is 37.6 cm³/mol. The summed E-state index contributed by atoms with van der Waals surface area (Å²) in [4.78, 5) is 23.3. The van der Waals surface area contributed by atoms with Gasteiger partial charge in [0, 0.05) is 0 Å². The standard InChI is InChI=1S/C7H11NO3/c1-7(2)5(10)3-6(11)8(7)4-9/h9H,3-4H2,1-2H3. The Morgan fingerprint density at radius 1 is 1.55 bits per heavy atom. The highest BCUT2D eigenvalue weighted by Crippen LogP contribution is 2.24. The third-order valence-corrected chi connectivity index (χ3v) is 2.11. The van der Waals surface area contributed by atoms with E-state index in [1.165, 1.54) is 4.90 Å². The van der Waals surface area contributed by atoms with Crippen LogP contribution in [0.1, 0.15) is 20.3 Å². The van der Waals surface area contributed by atoms with Crippen molar-refractivity contribution < 1.29 is 14.7 Å². The first kappa shape index (κ1) is 8.20. The van der Waals surface area contributed by atoms with E-state index in [4.69, 9.17) is 5.11 Å². The van der Waals surface area contributed by atoms with E-state index < -0.39 is 5.54 Å². The molecule has 1 rings (SSSR count). The number of rotatable bonds is 1. The van der Waals surface area contributed by atoms with Crippen LogP contribution in [-0.4, -0.2) is 34.0 Å². The van der Waals surface area contributed by atoms with Gasteiger partial charge >= 0.3 is 0 Å². The summed E-state index contributed by atoms with van der Waals surface area (Å²) < 4.78 is 0. The van der Waals surface area contributed by atoms with Crippen molar-refractivity contribution in [2.24, 2.45) is 0 Å². The zero-order chi connectivity index (χ0) is 8.65. The van der Waals surface area contributed by atoms with E-state index in [-0.39, 0.29) is 24.8 Å². The number of likely N-dealkylation sites (tertiary alicyclic amines) is 1. The lowest BCUT2D eigenvalue weighted by atomic mass is 10.0. The van der Waals surface area contributed by atoms with Crippen molar-refractivity contribution in [2.45, 2.75) is 25.8 Å². The first-order valence-electron chi connectivity index (χ1n) is 3.45. The molecular weight excluding hydrogens is 146 g/mol. The molecule has 0 spiro atoms. The highest BCUT2D eigenvalue weighted by Gasteiger charge is 2.44. The molecule has 1 heterocycles. The average Bonchev–Trinajstić information content (AvgIpc) is 2.04. The lowest BCUT2D eigenvalue weighted by Crippen LogP contribution is -2.44. The first-order chi connectivity index (χ1) is 5.00. The molecule has 0 aromatic rings. The van der Waals surface area contributed by atoms with Gasteiger partial charge < -0.3 is 10.0 Å². The average molecular weight is 157 g/mol. The summed E-state index contributed by atoms with van der Waals surface area (Å²) in [6, 6.07) is 0. The van der Waals surface area contributed by atoms with Gasteiger partial charge in [-0.3, -0.25) is 9.59 Å². The second-order valence-electron chi connectivity index (χ2n) is 3.12.